The lowest BCUT2D eigenvalue weighted by atomic mass is 10.2. The van der Waals surface area contributed by atoms with Gasteiger partial charge in [0.2, 0.25) is 5.91 Å². The number of carbonyl (C=O) groups is 3. The van der Waals surface area contributed by atoms with E-state index in [2.05, 4.69) is 10.6 Å². The molecule has 0 radical (unpaired) electrons. The van der Waals surface area contributed by atoms with E-state index in [0.717, 1.165) is 11.3 Å². The van der Waals surface area contributed by atoms with Crippen LogP contribution >= 0.6 is 11.8 Å². The van der Waals surface area contributed by atoms with E-state index in [1.54, 1.807) is 31.2 Å². The van der Waals surface area contributed by atoms with Crippen molar-refractivity contribution in [2.24, 2.45) is 0 Å². The van der Waals surface area contributed by atoms with Gasteiger partial charge >= 0.3 is 5.97 Å². The van der Waals surface area contributed by atoms with Gasteiger partial charge in [-0.15, -0.1) is 11.8 Å². The normalized spacial score (nSPS) is 11.5. The van der Waals surface area contributed by atoms with E-state index < -0.39 is 12.0 Å². The van der Waals surface area contributed by atoms with Gasteiger partial charge in [0.05, 0.1) is 17.7 Å². The molecule has 0 spiro atoms. The Balaban J connectivity index is 1.96. The molecule has 2 amide bonds. The van der Waals surface area contributed by atoms with Crippen molar-refractivity contribution in [3.05, 3.63) is 59.7 Å². The minimum atomic E-state index is -0.974. The Morgan fingerprint density at radius 1 is 1.07 bits per heavy atom. The SMILES string of the molecule is Cc1ccc(NC(=O)CSc2ccccc2C(=O)NC(C)CC(=O)O)cc1. The number of aliphatic carboxylic acids is 1. The summed E-state index contributed by atoms with van der Waals surface area (Å²) in [5, 5.41) is 14.3. The fourth-order valence-electron chi connectivity index (χ4n) is 2.37. The lowest BCUT2D eigenvalue weighted by molar-refractivity contribution is -0.137. The molecule has 2 aromatic carbocycles. The van der Waals surface area contributed by atoms with Crippen molar-refractivity contribution in [3.8, 4) is 0 Å². The third-order valence-corrected chi connectivity index (χ3v) is 4.76. The summed E-state index contributed by atoms with van der Waals surface area (Å²) in [6.07, 6.45) is -0.153. The number of anilines is 1. The van der Waals surface area contributed by atoms with Gasteiger partial charge in [-0.2, -0.15) is 0 Å². The fourth-order valence-corrected chi connectivity index (χ4v) is 3.22. The van der Waals surface area contributed by atoms with Gasteiger partial charge in [0, 0.05) is 16.6 Å². The van der Waals surface area contributed by atoms with Crippen LogP contribution in [-0.2, 0) is 9.59 Å². The molecule has 0 aliphatic carbocycles. The Kier molecular flexibility index (Phi) is 7.43. The number of hydrogen-bond donors (Lipinski definition) is 3. The smallest absolute Gasteiger partial charge is 0.305 e. The zero-order chi connectivity index (χ0) is 19.8. The van der Waals surface area contributed by atoms with E-state index in [1.165, 1.54) is 11.8 Å². The Hall–Kier alpha value is -2.80. The minimum absolute atomic E-state index is 0.153. The highest BCUT2D eigenvalue weighted by Gasteiger charge is 2.16. The van der Waals surface area contributed by atoms with Gasteiger partial charge in [-0.3, -0.25) is 14.4 Å². The van der Waals surface area contributed by atoms with Gasteiger partial charge < -0.3 is 15.7 Å². The quantitative estimate of drug-likeness (QED) is 0.605. The fraction of sp³-hybridized carbons (Fsp3) is 0.250. The van der Waals surface area contributed by atoms with E-state index in [9.17, 15) is 14.4 Å². The minimum Gasteiger partial charge on any atom is -0.481 e. The molecule has 2 rings (SSSR count). The van der Waals surface area contributed by atoms with Crippen LogP contribution in [0.3, 0.4) is 0 Å². The molecule has 0 heterocycles. The molecule has 0 aromatic heterocycles. The number of benzene rings is 2. The summed E-state index contributed by atoms with van der Waals surface area (Å²) >= 11 is 1.26. The van der Waals surface area contributed by atoms with Gasteiger partial charge in [0.15, 0.2) is 0 Å². The molecular formula is C20H22N2O4S. The Morgan fingerprint density at radius 2 is 1.74 bits per heavy atom. The first-order valence-electron chi connectivity index (χ1n) is 8.46. The Bertz CT molecular complexity index is 821. The third kappa shape index (κ3) is 6.79. The highest BCUT2D eigenvalue weighted by atomic mass is 32.2. The summed E-state index contributed by atoms with van der Waals surface area (Å²) in [6.45, 7) is 3.61. The molecular weight excluding hydrogens is 364 g/mol. The summed E-state index contributed by atoms with van der Waals surface area (Å²) in [5.74, 6) is -1.34. The number of carbonyl (C=O) groups excluding carboxylic acids is 2. The maximum absolute atomic E-state index is 12.4. The molecule has 2 aromatic rings. The molecule has 1 atom stereocenters. The number of carboxylic acid groups (broad SMARTS) is 1. The van der Waals surface area contributed by atoms with Crippen LogP contribution in [0.4, 0.5) is 5.69 Å². The molecule has 3 N–H and O–H groups in total. The highest BCUT2D eigenvalue weighted by Crippen LogP contribution is 2.23. The molecule has 142 valence electrons. The van der Waals surface area contributed by atoms with Gasteiger partial charge in [-0.25, -0.2) is 0 Å². The predicted molar refractivity (Wildman–Crippen MR) is 106 cm³/mol. The number of aryl methyl sites for hydroxylation is 1. The van der Waals surface area contributed by atoms with Crippen molar-refractivity contribution in [2.45, 2.75) is 31.2 Å². The third-order valence-electron chi connectivity index (χ3n) is 3.68. The average molecular weight is 386 g/mol. The van der Waals surface area contributed by atoms with E-state index in [0.29, 0.717) is 10.5 Å². The Labute approximate surface area is 162 Å². The van der Waals surface area contributed by atoms with E-state index in [1.807, 2.05) is 31.2 Å². The van der Waals surface area contributed by atoms with Crippen LogP contribution in [0.15, 0.2) is 53.4 Å². The van der Waals surface area contributed by atoms with E-state index >= 15 is 0 Å². The van der Waals surface area contributed by atoms with Crippen LogP contribution in [0, 0.1) is 6.92 Å². The molecule has 27 heavy (non-hydrogen) atoms. The first kappa shape index (κ1) is 20.5. The zero-order valence-electron chi connectivity index (χ0n) is 15.2. The van der Waals surface area contributed by atoms with E-state index in [-0.39, 0.29) is 24.0 Å². The molecule has 0 aliphatic rings. The second-order valence-corrected chi connectivity index (χ2v) is 7.19. The van der Waals surface area contributed by atoms with Crippen molar-refractivity contribution in [1.82, 2.24) is 5.32 Å². The number of carboxylic acids is 1. The summed E-state index contributed by atoms with van der Waals surface area (Å²) in [4.78, 5) is 36.0. The number of thioether (sulfide) groups is 1. The molecule has 6 nitrogen and oxygen atoms in total. The first-order chi connectivity index (χ1) is 12.8. The first-order valence-corrected chi connectivity index (χ1v) is 9.44. The molecule has 0 fully saturated rings. The topological polar surface area (TPSA) is 95.5 Å². The summed E-state index contributed by atoms with van der Waals surface area (Å²) < 4.78 is 0. The summed E-state index contributed by atoms with van der Waals surface area (Å²) in [7, 11) is 0. The molecule has 0 saturated carbocycles. The number of nitrogens with one attached hydrogen (secondary N) is 2. The number of hydrogen-bond acceptors (Lipinski definition) is 4. The Morgan fingerprint density at radius 3 is 2.41 bits per heavy atom. The second-order valence-electron chi connectivity index (χ2n) is 6.17. The lowest BCUT2D eigenvalue weighted by Gasteiger charge is -2.14. The van der Waals surface area contributed by atoms with Crippen LogP contribution in [0.2, 0.25) is 0 Å². The predicted octanol–water partition coefficient (Wildman–Crippen LogP) is 3.32. The van der Waals surface area contributed by atoms with Crippen LogP contribution < -0.4 is 10.6 Å². The molecule has 1 unspecified atom stereocenters. The largest absolute Gasteiger partial charge is 0.481 e. The molecule has 7 heteroatoms. The summed E-state index contributed by atoms with van der Waals surface area (Å²) in [6, 6.07) is 14.0. The van der Waals surface area contributed by atoms with Crippen LogP contribution in [0.1, 0.15) is 29.3 Å². The summed E-state index contributed by atoms with van der Waals surface area (Å²) in [5.41, 5.74) is 2.25. The van der Waals surface area contributed by atoms with Crippen molar-refractivity contribution < 1.29 is 19.5 Å². The number of amides is 2. The van der Waals surface area contributed by atoms with Crippen molar-refractivity contribution in [2.75, 3.05) is 11.1 Å². The van der Waals surface area contributed by atoms with Gasteiger partial charge in [-0.1, -0.05) is 29.8 Å². The second kappa shape index (κ2) is 9.78. The maximum atomic E-state index is 12.4. The highest BCUT2D eigenvalue weighted by molar-refractivity contribution is 8.00. The van der Waals surface area contributed by atoms with Gasteiger partial charge in [0.1, 0.15) is 0 Å². The molecule has 0 bridgehead atoms. The zero-order valence-corrected chi connectivity index (χ0v) is 16.0. The maximum Gasteiger partial charge on any atom is 0.305 e. The average Bonchev–Trinajstić information content (AvgIpc) is 2.61. The van der Waals surface area contributed by atoms with Crippen molar-refractivity contribution in [1.29, 1.82) is 0 Å². The van der Waals surface area contributed by atoms with Crippen molar-refractivity contribution in [3.63, 3.8) is 0 Å². The molecule has 0 aliphatic heterocycles. The van der Waals surface area contributed by atoms with Gasteiger partial charge in [0.25, 0.3) is 5.91 Å². The van der Waals surface area contributed by atoms with Gasteiger partial charge in [-0.05, 0) is 38.1 Å². The standard InChI is InChI=1S/C20H22N2O4S/c1-13-7-9-15(10-8-13)22-18(23)12-27-17-6-4-3-5-16(17)20(26)21-14(2)11-19(24)25/h3-10,14H,11-12H2,1-2H3,(H,21,26)(H,22,23)(H,24,25). The lowest BCUT2D eigenvalue weighted by Crippen LogP contribution is -2.34. The number of rotatable bonds is 8. The monoisotopic (exact) mass is 386 g/mol. The van der Waals surface area contributed by atoms with Crippen LogP contribution in [0.5, 0.6) is 0 Å². The molecule has 0 saturated heterocycles. The van der Waals surface area contributed by atoms with E-state index in [4.69, 9.17) is 5.11 Å². The van der Waals surface area contributed by atoms with Crippen LogP contribution in [0.25, 0.3) is 0 Å². The van der Waals surface area contributed by atoms with Crippen molar-refractivity contribution >= 4 is 35.2 Å². The van der Waals surface area contributed by atoms with Crippen LogP contribution in [-0.4, -0.2) is 34.7 Å².